The Labute approximate surface area is 118 Å². The maximum absolute atomic E-state index is 12.4. The number of piperazine rings is 1. The van der Waals surface area contributed by atoms with Crippen LogP contribution in [0.2, 0.25) is 0 Å². The molecule has 1 aromatic carbocycles. The number of hydrogen-bond donors (Lipinski definition) is 2. The largest absolute Gasteiger partial charge is 0.409 e. The fraction of sp³-hybridized carbons (Fsp3) is 0.429. The standard InChI is InChI=1S/C14H20N4O2/c1-11-3-2-4-12(9-11)14(19)18-7-5-17(6-8-18)10-13(15)16-20/h2-4,9,20H,5-8,10H2,1H3,(H2,15,16). The molecule has 1 heterocycles. The highest BCUT2D eigenvalue weighted by atomic mass is 16.4. The van der Waals surface area contributed by atoms with Crippen LogP contribution < -0.4 is 5.73 Å². The molecule has 0 saturated carbocycles. The van der Waals surface area contributed by atoms with E-state index in [2.05, 4.69) is 10.1 Å². The number of nitrogens with zero attached hydrogens (tertiary/aromatic N) is 3. The summed E-state index contributed by atoms with van der Waals surface area (Å²) in [6, 6.07) is 7.63. The lowest BCUT2D eigenvalue weighted by atomic mass is 10.1. The smallest absolute Gasteiger partial charge is 0.253 e. The molecule has 2 rings (SSSR count). The highest BCUT2D eigenvalue weighted by Gasteiger charge is 2.22. The molecule has 1 saturated heterocycles. The van der Waals surface area contributed by atoms with Crippen LogP contribution in [0.25, 0.3) is 0 Å². The number of carbonyl (C=O) groups excluding carboxylic acids is 1. The molecular weight excluding hydrogens is 256 g/mol. The van der Waals surface area contributed by atoms with Gasteiger partial charge in [-0.1, -0.05) is 22.9 Å². The van der Waals surface area contributed by atoms with Crippen molar-refractivity contribution in [3.8, 4) is 0 Å². The van der Waals surface area contributed by atoms with Gasteiger partial charge in [-0.25, -0.2) is 0 Å². The summed E-state index contributed by atoms with van der Waals surface area (Å²) >= 11 is 0. The average Bonchev–Trinajstić information content (AvgIpc) is 2.47. The Hall–Kier alpha value is -2.08. The van der Waals surface area contributed by atoms with Crippen molar-refractivity contribution in [2.24, 2.45) is 10.9 Å². The van der Waals surface area contributed by atoms with E-state index in [0.717, 1.165) is 24.2 Å². The zero-order valence-electron chi connectivity index (χ0n) is 11.6. The molecule has 3 N–H and O–H groups in total. The van der Waals surface area contributed by atoms with Gasteiger partial charge in [0.25, 0.3) is 5.91 Å². The van der Waals surface area contributed by atoms with Crippen molar-refractivity contribution in [1.29, 1.82) is 0 Å². The molecule has 1 aliphatic rings. The normalized spacial score (nSPS) is 17.2. The number of rotatable bonds is 3. The lowest BCUT2D eigenvalue weighted by Gasteiger charge is -2.34. The van der Waals surface area contributed by atoms with Gasteiger partial charge < -0.3 is 15.8 Å². The Kier molecular flexibility index (Phi) is 4.57. The van der Waals surface area contributed by atoms with Crippen molar-refractivity contribution in [2.45, 2.75) is 6.92 Å². The van der Waals surface area contributed by atoms with Crippen LogP contribution in [0.15, 0.2) is 29.4 Å². The summed E-state index contributed by atoms with van der Waals surface area (Å²) < 4.78 is 0. The Morgan fingerprint density at radius 2 is 2.05 bits per heavy atom. The van der Waals surface area contributed by atoms with Crippen LogP contribution in [0.5, 0.6) is 0 Å². The SMILES string of the molecule is Cc1cccc(C(=O)N2CCN(CC(N)=NO)CC2)c1. The van der Waals surface area contributed by atoms with E-state index in [1.54, 1.807) is 0 Å². The summed E-state index contributed by atoms with van der Waals surface area (Å²) in [6.07, 6.45) is 0. The summed E-state index contributed by atoms with van der Waals surface area (Å²) in [5.41, 5.74) is 7.30. The molecule has 0 aromatic heterocycles. The molecule has 6 nitrogen and oxygen atoms in total. The molecule has 0 radical (unpaired) electrons. The highest BCUT2D eigenvalue weighted by Crippen LogP contribution is 2.10. The van der Waals surface area contributed by atoms with E-state index in [9.17, 15) is 4.79 Å². The number of hydrogen-bond acceptors (Lipinski definition) is 4. The van der Waals surface area contributed by atoms with Crippen LogP contribution in [-0.2, 0) is 0 Å². The molecule has 0 atom stereocenters. The summed E-state index contributed by atoms with van der Waals surface area (Å²) in [5, 5.41) is 11.5. The lowest BCUT2D eigenvalue weighted by Crippen LogP contribution is -2.50. The molecule has 0 aliphatic carbocycles. The zero-order valence-corrected chi connectivity index (χ0v) is 11.6. The average molecular weight is 276 g/mol. The van der Waals surface area contributed by atoms with Gasteiger partial charge in [0, 0.05) is 31.7 Å². The summed E-state index contributed by atoms with van der Waals surface area (Å²) in [5.74, 6) is 0.264. The van der Waals surface area contributed by atoms with Crippen molar-refractivity contribution in [2.75, 3.05) is 32.7 Å². The molecule has 0 bridgehead atoms. The van der Waals surface area contributed by atoms with E-state index >= 15 is 0 Å². The first-order valence-electron chi connectivity index (χ1n) is 6.65. The number of nitrogens with two attached hydrogens (primary N) is 1. The van der Waals surface area contributed by atoms with E-state index in [0.29, 0.717) is 19.6 Å². The van der Waals surface area contributed by atoms with Gasteiger partial charge in [-0.3, -0.25) is 9.69 Å². The van der Waals surface area contributed by atoms with Crippen LogP contribution in [0.4, 0.5) is 0 Å². The molecule has 1 aliphatic heterocycles. The van der Waals surface area contributed by atoms with Crippen molar-refractivity contribution < 1.29 is 10.0 Å². The second-order valence-corrected chi connectivity index (χ2v) is 5.03. The van der Waals surface area contributed by atoms with Crippen molar-refractivity contribution in [3.63, 3.8) is 0 Å². The van der Waals surface area contributed by atoms with Crippen LogP contribution in [0.1, 0.15) is 15.9 Å². The minimum absolute atomic E-state index is 0.0668. The zero-order chi connectivity index (χ0) is 14.5. The van der Waals surface area contributed by atoms with Gasteiger partial charge in [-0.2, -0.15) is 0 Å². The Balaban J connectivity index is 1.92. The molecule has 1 aromatic rings. The van der Waals surface area contributed by atoms with Gasteiger partial charge >= 0.3 is 0 Å². The Morgan fingerprint density at radius 3 is 2.65 bits per heavy atom. The van der Waals surface area contributed by atoms with E-state index < -0.39 is 0 Å². The third-order valence-corrected chi connectivity index (χ3v) is 3.44. The Bertz CT molecular complexity index is 508. The van der Waals surface area contributed by atoms with Crippen molar-refractivity contribution >= 4 is 11.7 Å². The van der Waals surface area contributed by atoms with E-state index in [1.165, 1.54) is 0 Å². The fourth-order valence-electron chi connectivity index (χ4n) is 2.33. The molecule has 0 spiro atoms. The monoisotopic (exact) mass is 276 g/mol. The maximum atomic E-state index is 12.4. The minimum atomic E-state index is 0.0668. The molecular formula is C14H20N4O2. The minimum Gasteiger partial charge on any atom is -0.409 e. The maximum Gasteiger partial charge on any atom is 0.253 e. The molecule has 0 unspecified atom stereocenters. The van der Waals surface area contributed by atoms with Crippen LogP contribution in [0, 0.1) is 6.92 Å². The first-order valence-corrected chi connectivity index (χ1v) is 6.65. The van der Waals surface area contributed by atoms with E-state index in [4.69, 9.17) is 10.9 Å². The first-order chi connectivity index (χ1) is 9.60. The third kappa shape index (κ3) is 3.48. The summed E-state index contributed by atoms with van der Waals surface area (Å²) in [4.78, 5) is 16.3. The lowest BCUT2D eigenvalue weighted by molar-refractivity contribution is 0.0653. The van der Waals surface area contributed by atoms with Gasteiger partial charge in [0.2, 0.25) is 0 Å². The topological polar surface area (TPSA) is 82.2 Å². The molecule has 20 heavy (non-hydrogen) atoms. The highest BCUT2D eigenvalue weighted by molar-refractivity contribution is 5.94. The summed E-state index contributed by atoms with van der Waals surface area (Å²) in [7, 11) is 0. The van der Waals surface area contributed by atoms with Crippen LogP contribution in [0.3, 0.4) is 0 Å². The van der Waals surface area contributed by atoms with Gasteiger partial charge in [0.15, 0.2) is 5.84 Å². The van der Waals surface area contributed by atoms with Crippen LogP contribution in [-0.4, -0.2) is 59.5 Å². The number of amides is 1. The van der Waals surface area contributed by atoms with Gasteiger partial charge in [0.1, 0.15) is 0 Å². The Morgan fingerprint density at radius 1 is 1.35 bits per heavy atom. The molecule has 6 heteroatoms. The third-order valence-electron chi connectivity index (χ3n) is 3.44. The van der Waals surface area contributed by atoms with Crippen molar-refractivity contribution in [1.82, 2.24) is 9.80 Å². The summed E-state index contributed by atoms with van der Waals surface area (Å²) in [6.45, 7) is 5.19. The van der Waals surface area contributed by atoms with Gasteiger partial charge in [-0.15, -0.1) is 0 Å². The first kappa shape index (κ1) is 14.3. The number of oxime groups is 1. The number of carbonyl (C=O) groups is 1. The number of amidine groups is 1. The second-order valence-electron chi connectivity index (χ2n) is 5.03. The molecule has 108 valence electrons. The van der Waals surface area contributed by atoms with Crippen LogP contribution >= 0.6 is 0 Å². The quantitative estimate of drug-likeness (QED) is 0.364. The van der Waals surface area contributed by atoms with E-state index in [1.807, 2.05) is 36.1 Å². The molecule has 1 fully saturated rings. The van der Waals surface area contributed by atoms with Gasteiger partial charge in [-0.05, 0) is 19.1 Å². The van der Waals surface area contributed by atoms with E-state index in [-0.39, 0.29) is 11.7 Å². The number of aryl methyl sites for hydroxylation is 1. The number of benzene rings is 1. The van der Waals surface area contributed by atoms with Crippen molar-refractivity contribution in [3.05, 3.63) is 35.4 Å². The predicted octanol–water partition coefficient (Wildman–Crippen LogP) is 0.499. The predicted molar refractivity (Wildman–Crippen MR) is 76.9 cm³/mol. The fourth-order valence-corrected chi connectivity index (χ4v) is 2.33. The molecule has 1 amide bonds. The second kappa shape index (κ2) is 6.38. The van der Waals surface area contributed by atoms with Gasteiger partial charge in [0.05, 0.1) is 6.54 Å².